The molecule has 2 aromatic heterocycles. The van der Waals surface area contributed by atoms with Crippen LogP contribution in [0.3, 0.4) is 0 Å². The highest BCUT2D eigenvalue weighted by Gasteiger charge is 2.66. The molecule has 3 aromatic rings. The predicted molar refractivity (Wildman–Crippen MR) is 112 cm³/mol. The largest absolute Gasteiger partial charge is 0.350 e. The molecule has 8 heteroatoms. The van der Waals surface area contributed by atoms with Gasteiger partial charge in [-0.25, -0.2) is 4.98 Å². The van der Waals surface area contributed by atoms with Crippen LogP contribution in [0, 0.1) is 29.6 Å². The average Bonchev–Trinajstić information content (AvgIpc) is 3.03. The van der Waals surface area contributed by atoms with Crippen LogP contribution in [-0.4, -0.2) is 50.7 Å². The second-order valence-corrected chi connectivity index (χ2v) is 8.35. The minimum atomic E-state index is 0.220. The number of hydrogen-bond acceptors (Lipinski definition) is 7. The first kappa shape index (κ1) is 17.9. The van der Waals surface area contributed by atoms with E-state index >= 15 is 0 Å². The summed E-state index contributed by atoms with van der Waals surface area (Å²) >= 11 is 0. The second kappa shape index (κ2) is 6.71. The van der Waals surface area contributed by atoms with E-state index in [0.29, 0.717) is 24.3 Å². The first-order valence-electron chi connectivity index (χ1n) is 9.98. The zero-order valence-electron chi connectivity index (χ0n) is 16.6. The van der Waals surface area contributed by atoms with Gasteiger partial charge in [0.15, 0.2) is 5.82 Å². The number of piperidine rings is 1. The highest BCUT2D eigenvalue weighted by atomic mass is 15.3. The highest BCUT2D eigenvalue weighted by molar-refractivity contribution is 5.91. The second-order valence-electron chi connectivity index (χ2n) is 8.35. The van der Waals surface area contributed by atoms with Crippen LogP contribution in [0.25, 0.3) is 10.9 Å². The smallest absolute Gasteiger partial charge is 0.225 e. The summed E-state index contributed by atoms with van der Waals surface area (Å²) in [5.41, 5.74) is 2.10. The maximum atomic E-state index is 8.82. The summed E-state index contributed by atoms with van der Waals surface area (Å²) in [6, 6.07) is 12.5. The number of rotatable bonds is 6. The molecule has 8 nitrogen and oxygen atoms in total. The minimum absolute atomic E-state index is 0.220. The number of H-pyrrole nitrogens is 1. The van der Waals surface area contributed by atoms with Gasteiger partial charge in [0, 0.05) is 60.6 Å². The van der Waals surface area contributed by atoms with E-state index in [4.69, 9.17) is 15.2 Å². The fourth-order valence-electron chi connectivity index (χ4n) is 4.64. The van der Waals surface area contributed by atoms with Crippen LogP contribution in [-0.2, 0) is 0 Å². The van der Waals surface area contributed by atoms with Gasteiger partial charge in [0.25, 0.3) is 0 Å². The molecule has 0 unspecified atom stereocenters. The summed E-state index contributed by atoms with van der Waals surface area (Å²) in [5, 5.41) is 23.9. The van der Waals surface area contributed by atoms with Crippen LogP contribution in [0.4, 0.5) is 17.6 Å². The summed E-state index contributed by atoms with van der Waals surface area (Å²) in [5.74, 6) is 2.70. The SMILES string of the molecule is Cc1cc(Nc2nc(N[C@H]3[C@H]4CN(CCC#N)C[C@@]43C)nc3ccccc23)n[nH]1. The lowest BCUT2D eigenvalue weighted by atomic mass is 10.1. The molecule has 1 aliphatic heterocycles. The topological polar surface area (TPSA) is 106 Å². The lowest BCUT2D eigenvalue weighted by Gasteiger charge is -2.21. The Morgan fingerprint density at radius 2 is 2.21 bits per heavy atom. The zero-order valence-corrected chi connectivity index (χ0v) is 16.6. The lowest BCUT2D eigenvalue weighted by Crippen LogP contribution is -2.31. The van der Waals surface area contributed by atoms with Gasteiger partial charge in [-0.15, -0.1) is 0 Å². The third-order valence-corrected chi connectivity index (χ3v) is 6.25. The molecular formula is C21H24N8. The van der Waals surface area contributed by atoms with E-state index in [9.17, 15) is 0 Å². The zero-order chi connectivity index (χ0) is 20.0. The third-order valence-electron chi connectivity index (χ3n) is 6.25. The molecule has 2 aliphatic rings. The number of aromatic nitrogens is 4. The van der Waals surface area contributed by atoms with Crippen molar-refractivity contribution in [1.82, 2.24) is 25.1 Å². The van der Waals surface area contributed by atoms with Crippen molar-refractivity contribution in [2.45, 2.75) is 26.3 Å². The normalized spacial score (nSPS) is 25.6. The fourth-order valence-corrected chi connectivity index (χ4v) is 4.64. The van der Waals surface area contributed by atoms with Crippen molar-refractivity contribution in [2.75, 3.05) is 30.3 Å². The Morgan fingerprint density at radius 1 is 1.34 bits per heavy atom. The molecule has 3 atom stereocenters. The Hall–Kier alpha value is -3.18. The number of para-hydroxylation sites is 1. The molecule has 0 amide bonds. The van der Waals surface area contributed by atoms with Crippen LogP contribution in [0.1, 0.15) is 19.0 Å². The molecule has 29 heavy (non-hydrogen) atoms. The van der Waals surface area contributed by atoms with Crippen molar-refractivity contribution >= 4 is 28.5 Å². The maximum absolute atomic E-state index is 8.82. The number of aryl methyl sites for hydroxylation is 1. The molecular weight excluding hydrogens is 364 g/mol. The maximum Gasteiger partial charge on any atom is 0.225 e. The molecule has 0 bridgehead atoms. The Kier molecular flexibility index (Phi) is 4.14. The molecule has 2 fully saturated rings. The molecule has 1 saturated heterocycles. The number of nitrogens with zero attached hydrogens (tertiary/aromatic N) is 5. The van der Waals surface area contributed by atoms with Crippen molar-refractivity contribution in [2.24, 2.45) is 11.3 Å². The van der Waals surface area contributed by atoms with E-state index in [-0.39, 0.29) is 5.41 Å². The quantitative estimate of drug-likeness (QED) is 0.596. The van der Waals surface area contributed by atoms with Gasteiger partial charge in [-0.3, -0.25) is 5.10 Å². The van der Waals surface area contributed by atoms with Gasteiger partial charge < -0.3 is 15.5 Å². The van der Waals surface area contributed by atoms with Crippen LogP contribution < -0.4 is 10.6 Å². The van der Waals surface area contributed by atoms with Gasteiger partial charge in [-0.1, -0.05) is 19.1 Å². The number of benzene rings is 1. The minimum Gasteiger partial charge on any atom is -0.350 e. The molecule has 1 aromatic carbocycles. The Labute approximate surface area is 169 Å². The average molecular weight is 388 g/mol. The molecule has 1 aliphatic carbocycles. The lowest BCUT2D eigenvalue weighted by molar-refractivity contribution is 0.286. The van der Waals surface area contributed by atoms with E-state index < -0.39 is 0 Å². The van der Waals surface area contributed by atoms with Crippen molar-refractivity contribution in [3.63, 3.8) is 0 Å². The van der Waals surface area contributed by atoms with Gasteiger partial charge in [0.1, 0.15) is 5.82 Å². The molecule has 3 N–H and O–H groups in total. The molecule has 3 heterocycles. The molecule has 1 saturated carbocycles. The van der Waals surface area contributed by atoms with Gasteiger partial charge in [-0.2, -0.15) is 15.3 Å². The number of nitriles is 1. The summed E-state index contributed by atoms with van der Waals surface area (Å²) in [6.45, 7) is 7.19. The predicted octanol–water partition coefficient (Wildman–Crippen LogP) is 3.05. The summed E-state index contributed by atoms with van der Waals surface area (Å²) in [7, 11) is 0. The Morgan fingerprint density at radius 3 is 2.93 bits per heavy atom. The van der Waals surface area contributed by atoms with Gasteiger partial charge in [-0.05, 0) is 19.1 Å². The van der Waals surface area contributed by atoms with Crippen LogP contribution in [0.5, 0.6) is 0 Å². The summed E-state index contributed by atoms with van der Waals surface area (Å²) in [6.07, 6.45) is 0.594. The van der Waals surface area contributed by atoms with Crippen molar-refractivity contribution in [3.05, 3.63) is 36.0 Å². The van der Waals surface area contributed by atoms with Gasteiger partial charge >= 0.3 is 0 Å². The van der Waals surface area contributed by atoms with E-state index in [1.165, 1.54) is 0 Å². The fraction of sp³-hybridized carbons (Fsp3) is 0.429. The van der Waals surface area contributed by atoms with E-state index in [2.05, 4.69) is 38.7 Å². The molecule has 0 spiro atoms. The number of hydrogen-bond donors (Lipinski definition) is 3. The van der Waals surface area contributed by atoms with E-state index in [0.717, 1.165) is 47.9 Å². The summed E-state index contributed by atoms with van der Waals surface area (Å²) in [4.78, 5) is 11.9. The number of aromatic amines is 1. The first-order valence-corrected chi connectivity index (χ1v) is 9.98. The third kappa shape index (κ3) is 3.17. The number of nitrogens with one attached hydrogen (secondary N) is 3. The number of anilines is 3. The van der Waals surface area contributed by atoms with E-state index in [1.807, 2.05) is 37.3 Å². The van der Waals surface area contributed by atoms with Crippen LogP contribution in [0.2, 0.25) is 0 Å². The Bertz CT molecular complexity index is 1100. The molecule has 148 valence electrons. The number of likely N-dealkylation sites (tertiary alicyclic amines) is 1. The van der Waals surface area contributed by atoms with E-state index in [1.54, 1.807) is 0 Å². The standard InChI is InChI=1S/C21H24N8/c1-13-10-17(28-27-13)24-19-14-6-3-4-7-16(14)23-20(26-19)25-18-15-11-29(9-5-8-22)12-21(15,18)2/h3-4,6-7,10,15,18H,5,9,11-12H2,1-2H3,(H3,23,24,25,26,27,28)/t15-,18+,21+/m1/s1. The molecule has 5 rings (SSSR count). The van der Waals surface area contributed by atoms with Crippen molar-refractivity contribution < 1.29 is 0 Å². The Balaban J connectivity index is 1.37. The van der Waals surface area contributed by atoms with Crippen molar-refractivity contribution in [1.29, 1.82) is 5.26 Å². The van der Waals surface area contributed by atoms with Crippen LogP contribution >= 0.6 is 0 Å². The monoisotopic (exact) mass is 388 g/mol. The van der Waals surface area contributed by atoms with Crippen molar-refractivity contribution in [3.8, 4) is 6.07 Å². The summed E-state index contributed by atoms with van der Waals surface area (Å²) < 4.78 is 0. The first-order chi connectivity index (χ1) is 14.1. The highest BCUT2D eigenvalue weighted by Crippen LogP contribution is 2.58. The van der Waals surface area contributed by atoms with Gasteiger partial charge in [0.05, 0.1) is 11.6 Å². The number of fused-ring (bicyclic) bond motifs is 2. The van der Waals surface area contributed by atoms with Crippen LogP contribution in [0.15, 0.2) is 30.3 Å². The van der Waals surface area contributed by atoms with Gasteiger partial charge in [0.2, 0.25) is 5.95 Å². The molecule has 0 radical (unpaired) electrons.